The van der Waals surface area contributed by atoms with Crippen molar-refractivity contribution in [3.8, 4) is 0 Å². The fourth-order valence-electron chi connectivity index (χ4n) is 2.71. The van der Waals surface area contributed by atoms with Gasteiger partial charge < -0.3 is 5.32 Å². The third kappa shape index (κ3) is 5.36. The number of thioether (sulfide) groups is 1. The Morgan fingerprint density at radius 3 is 2.66 bits per heavy atom. The van der Waals surface area contributed by atoms with Crippen LogP contribution < -0.4 is 10.9 Å². The number of halogens is 1. The third-order valence-corrected chi connectivity index (χ3v) is 5.70. The van der Waals surface area contributed by atoms with Gasteiger partial charge in [0.05, 0.1) is 21.2 Å². The normalized spacial score (nSPS) is 12.3. The molecule has 0 bridgehead atoms. The van der Waals surface area contributed by atoms with Crippen molar-refractivity contribution >= 4 is 46.0 Å². The van der Waals surface area contributed by atoms with Crippen molar-refractivity contribution in [3.05, 3.63) is 58.0 Å². The van der Waals surface area contributed by atoms with Gasteiger partial charge in [-0.15, -0.1) is 0 Å². The second-order valence-electron chi connectivity index (χ2n) is 7.16. The van der Waals surface area contributed by atoms with E-state index in [0.717, 1.165) is 6.42 Å². The number of rotatable bonds is 7. The molecule has 1 N–H and O–H groups in total. The number of hydrogen-bond donors (Lipinski definition) is 1. The smallest absolute Gasteiger partial charge is 0.262 e. The maximum atomic E-state index is 13.0. The van der Waals surface area contributed by atoms with E-state index in [1.165, 1.54) is 18.0 Å². The Morgan fingerprint density at radius 1 is 1.21 bits per heavy atom. The molecule has 0 aliphatic heterocycles. The Bertz CT molecular complexity index is 1070. The number of para-hydroxylation sites is 1. The van der Waals surface area contributed by atoms with Crippen molar-refractivity contribution in [3.63, 3.8) is 0 Å². The molecule has 29 heavy (non-hydrogen) atoms. The number of fused-ring (bicyclic) bond motifs is 1. The fourth-order valence-corrected chi connectivity index (χ4v) is 3.76. The quantitative estimate of drug-likeness (QED) is 0.437. The molecule has 0 spiro atoms. The van der Waals surface area contributed by atoms with Gasteiger partial charge in [0.15, 0.2) is 5.16 Å². The van der Waals surface area contributed by atoms with Crippen LogP contribution in [0.5, 0.6) is 0 Å². The molecular weight excluding hydrogens is 408 g/mol. The van der Waals surface area contributed by atoms with Gasteiger partial charge in [-0.2, -0.15) is 0 Å². The van der Waals surface area contributed by atoms with E-state index < -0.39 is 5.25 Å². The first-order valence-electron chi connectivity index (χ1n) is 9.44. The number of amides is 1. The summed E-state index contributed by atoms with van der Waals surface area (Å²) in [5.74, 6) is 0.654. The molecule has 0 aliphatic carbocycles. The van der Waals surface area contributed by atoms with E-state index >= 15 is 0 Å². The topological polar surface area (TPSA) is 76.9 Å². The minimum Gasteiger partial charge on any atom is -0.310 e. The van der Waals surface area contributed by atoms with Crippen LogP contribution in [-0.2, 0) is 11.3 Å². The van der Waals surface area contributed by atoms with Gasteiger partial charge in [0.25, 0.3) is 5.56 Å². The van der Waals surface area contributed by atoms with Gasteiger partial charge in [-0.3, -0.25) is 14.2 Å². The largest absolute Gasteiger partial charge is 0.310 e. The second kappa shape index (κ2) is 9.41. The summed E-state index contributed by atoms with van der Waals surface area (Å²) in [5, 5.41) is 3.93. The van der Waals surface area contributed by atoms with Crippen LogP contribution in [0.25, 0.3) is 10.9 Å². The molecule has 2 aromatic heterocycles. The lowest BCUT2D eigenvalue weighted by Crippen LogP contribution is -2.27. The first-order chi connectivity index (χ1) is 13.8. The molecule has 8 heteroatoms. The van der Waals surface area contributed by atoms with Gasteiger partial charge >= 0.3 is 0 Å². The van der Waals surface area contributed by atoms with Crippen LogP contribution in [-0.4, -0.2) is 25.7 Å². The lowest BCUT2D eigenvalue weighted by atomic mass is 10.1. The molecule has 0 aliphatic rings. The Morgan fingerprint density at radius 2 is 1.97 bits per heavy atom. The van der Waals surface area contributed by atoms with Crippen molar-refractivity contribution in [2.45, 2.75) is 44.1 Å². The summed E-state index contributed by atoms with van der Waals surface area (Å²) in [5.41, 5.74) is 0.554. The van der Waals surface area contributed by atoms with Gasteiger partial charge in [0, 0.05) is 12.7 Å². The Hall–Kier alpha value is -2.38. The molecule has 152 valence electrons. The monoisotopic (exact) mass is 430 g/mol. The lowest BCUT2D eigenvalue weighted by molar-refractivity contribution is -0.115. The number of nitrogens with zero attached hydrogens (tertiary/aromatic N) is 3. The van der Waals surface area contributed by atoms with E-state index in [2.05, 4.69) is 29.1 Å². The Labute approximate surface area is 178 Å². The van der Waals surface area contributed by atoms with Crippen LogP contribution in [0.15, 0.2) is 52.5 Å². The lowest BCUT2D eigenvalue weighted by Gasteiger charge is -2.17. The van der Waals surface area contributed by atoms with E-state index in [-0.39, 0.29) is 11.5 Å². The molecule has 3 rings (SSSR count). The molecule has 6 nitrogen and oxygen atoms in total. The van der Waals surface area contributed by atoms with Gasteiger partial charge in [-0.1, -0.05) is 49.3 Å². The van der Waals surface area contributed by atoms with Crippen molar-refractivity contribution in [1.82, 2.24) is 14.5 Å². The molecule has 0 saturated heterocycles. The van der Waals surface area contributed by atoms with Crippen LogP contribution in [0.3, 0.4) is 0 Å². The number of carbonyl (C=O) groups excluding carboxylic acids is 1. The van der Waals surface area contributed by atoms with E-state index in [9.17, 15) is 9.59 Å². The minimum atomic E-state index is -0.467. The molecule has 1 unspecified atom stereocenters. The number of aromatic nitrogens is 3. The number of anilines is 1. The van der Waals surface area contributed by atoms with E-state index in [1.54, 1.807) is 29.7 Å². The SMILES string of the molecule is CC(C)CCn1c(SC(C)C(=O)Nc2ccc(Cl)cn2)nc2ccccc2c1=O. The summed E-state index contributed by atoms with van der Waals surface area (Å²) in [7, 11) is 0. The number of hydrogen-bond acceptors (Lipinski definition) is 5. The van der Waals surface area contributed by atoms with E-state index in [4.69, 9.17) is 11.6 Å². The predicted octanol–water partition coefficient (Wildman–Crippen LogP) is 4.61. The first kappa shape index (κ1) is 21.3. The van der Waals surface area contributed by atoms with Crippen LogP contribution in [0.4, 0.5) is 5.82 Å². The van der Waals surface area contributed by atoms with Gasteiger partial charge in [-0.05, 0) is 43.5 Å². The number of nitrogens with one attached hydrogen (secondary N) is 1. The molecule has 2 heterocycles. The highest BCUT2D eigenvalue weighted by Crippen LogP contribution is 2.24. The summed E-state index contributed by atoms with van der Waals surface area (Å²) in [6, 6.07) is 10.6. The van der Waals surface area contributed by atoms with Crippen molar-refractivity contribution in [1.29, 1.82) is 0 Å². The van der Waals surface area contributed by atoms with Crippen LogP contribution in [0.1, 0.15) is 27.2 Å². The molecule has 3 aromatic rings. The van der Waals surface area contributed by atoms with Gasteiger partial charge in [-0.25, -0.2) is 9.97 Å². The highest BCUT2D eigenvalue weighted by molar-refractivity contribution is 8.00. The van der Waals surface area contributed by atoms with Crippen LogP contribution >= 0.6 is 23.4 Å². The summed E-state index contributed by atoms with van der Waals surface area (Å²) >= 11 is 7.10. The molecule has 1 atom stereocenters. The average Bonchev–Trinajstić information content (AvgIpc) is 2.69. The van der Waals surface area contributed by atoms with Crippen LogP contribution in [0.2, 0.25) is 5.02 Å². The Kier molecular flexibility index (Phi) is 6.92. The zero-order chi connectivity index (χ0) is 21.0. The maximum Gasteiger partial charge on any atom is 0.262 e. The zero-order valence-electron chi connectivity index (χ0n) is 16.6. The van der Waals surface area contributed by atoms with E-state index in [1.807, 2.05) is 18.2 Å². The number of carbonyl (C=O) groups is 1. The third-order valence-electron chi connectivity index (χ3n) is 4.39. The standard InChI is InChI=1S/C21H23ClN4O2S/c1-13(2)10-11-26-20(28)16-6-4-5-7-17(16)24-21(26)29-14(3)19(27)25-18-9-8-15(22)12-23-18/h4-9,12-14H,10-11H2,1-3H3,(H,23,25,27). The predicted molar refractivity (Wildman–Crippen MR) is 119 cm³/mol. The van der Waals surface area contributed by atoms with Gasteiger partial charge in [0.2, 0.25) is 5.91 Å². The van der Waals surface area contributed by atoms with E-state index in [0.29, 0.717) is 39.4 Å². The van der Waals surface area contributed by atoms with Crippen molar-refractivity contribution < 1.29 is 4.79 Å². The summed E-state index contributed by atoms with van der Waals surface area (Å²) in [6.45, 7) is 6.57. The number of pyridine rings is 1. The highest BCUT2D eigenvalue weighted by atomic mass is 35.5. The van der Waals surface area contributed by atoms with Crippen molar-refractivity contribution in [2.75, 3.05) is 5.32 Å². The molecule has 1 aromatic carbocycles. The maximum absolute atomic E-state index is 13.0. The number of benzene rings is 1. The summed E-state index contributed by atoms with van der Waals surface area (Å²) in [6.07, 6.45) is 2.33. The average molecular weight is 431 g/mol. The van der Waals surface area contributed by atoms with Crippen LogP contribution in [0, 0.1) is 5.92 Å². The molecular formula is C21H23ClN4O2S. The summed E-state index contributed by atoms with van der Waals surface area (Å²) in [4.78, 5) is 34.4. The van der Waals surface area contributed by atoms with Crippen molar-refractivity contribution in [2.24, 2.45) is 5.92 Å². The minimum absolute atomic E-state index is 0.0780. The van der Waals surface area contributed by atoms with Gasteiger partial charge in [0.1, 0.15) is 5.82 Å². The Balaban J connectivity index is 1.86. The molecule has 1 amide bonds. The summed E-state index contributed by atoms with van der Waals surface area (Å²) < 4.78 is 1.68. The molecule has 0 fully saturated rings. The molecule has 0 saturated carbocycles. The first-order valence-corrected chi connectivity index (χ1v) is 10.7. The molecule has 0 radical (unpaired) electrons. The zero-order valence-corrected chi connectivity index (χ0v) is 18.1. The highest BCUT2D eigenvalue weighted by Gasteiger charge is 2.20. The fraction of sp³-hybridized carbons (Fsp3) is 0.333. The second-order valence-corrected chi connectivity index (χ2v) is 8.91.